The van der Waals surface area contributed by atoms with Gasteiger partial charge in [-0.25, -0.2) is 9.78 Å². The van der Waals surface area contributed by atoms with E-state index in [1.54, 1.807) is 6.07 Å². The molecule has 1 N–H and O–H groups in total. The van der Waals surface area contributed by atoms with Crippen molar-refractivity contribution in [1.82, 2.24) is 4.98 Å². The van der Waals surface area contributed by atoms with Crippen molar-refractivity contribution in [2.45, 2.75) is 99.3 Å². The van der Waals surface area contributed by atoms with Crippen molar-refractivity contribution < 1.29 is 14.6 Å². The maximum atomic E-state index is 11.5. The molecule has 0 bridgehead atoms. The fourth-order valence-corrected chi connectivity index (χ4v) is 4.85. The average molecular weight is 468 g/mol. The Bertz CT molecular complexity index is 953. The van der Waals surface area contributed by atoms with Crippen molar-refractivity contribution in [1.29, 1.82) is 0 Å². The molecule has 0 aliphatic heterocycles. The molecule has 0 amide bonds. The predicted molar refractivity (Wildman–Crippen MR) is 144 cm³/mol. The van der Waals surface area contributed by atoms with Crippen molar-refractivity contribution in [3.8, 4) is 5.75 Å². The van der Waals surface area contributed by atoms with Gasteiger partial charge in [0.15, 0.2) is 5.75 Å². The normalized spacial score (nSPS) is 12.5. The Morgan fingerprint density at radius 2 is 1.68 bits per heavy atom. The highest BCUT2D eigenvalue weighted by Gasteiger charge is 2.24. The number of pyridine rings is 1. The van der Waals surface area contributed by atoms with Gasteiger partial charge >= 0.3 is 5.97 Å². The number of aromatic carboxylic acids is 1. The lowest BCUT2D eigenvalue weighted by molar-refractivity contribution is 0.0691. The van der Waals surface area contributed by atoms with Gasteiger partial charge in [-0.3, -0.25) is 0 Å². The maximum absolute atomic E-state index is 11.5. The molecule has 4 nitrogen and oxygen atoms in total. The third-order valence-corrected chi connectivity index (χ3v) is 6.10. The molecule has 34 heavy (non-hydrogen) atoms. The third kappa shape index (κ3) is 9.48. The van der Waals surface area contributed by atoms with Crippen molar-refractivity contribution in [3.05, 3.63) is 41.6 Å². The van der Waals surface area contributed by atoms with Crippen LogP contribution in [0, 0.1) is 10.8 Å². The summed E-state index contributed by atoms with van der Waals surface area (Å²) in [6, 6.07) is 7.41. The summed E-state index contributed by atoms with van der Waals surface area (Å²) >= 11 is 0. The van der Waals surface area contributed by atoms with E-state index in [9.17, 15) is 9.90 Å². The number of aromatic nitrogens is 1. The molecular weight excluding hydrogens is 422 g/mol. The van der Waals surface area contributed by atoms with Crippen LogP contribution in [0.1, 0.15) is 115 Å². The van der Waals surface area contributed by atoms with Crippen LogP contribution in [-0.4, -0.2) is 22.7 Å². The highest BCUT2D eigenvalue weighted by molar-refractivity contribution is 5.93. The smallest absolute Gasteiger partial charge is 0.354 e. The van der Waals surface area contributed by atoms with Crippen LogP contribution < -0.4 is 4.74 Å². The Kier molecular flexibility index (Phi) is 10.6. The zero-order chi connectivity index (χ0) is 25.2. The number of nitrogens with zero attached hydrogens (tertiary/aromatic N) is 1. The number of unbranched alkanes of at least 4 members (excludes halogenated alkanes) is 5. The summed E-state index contributed by atoms with van der Waals surface area (Å²) in [5.41, 5.74) is 2.22. The van der Waals surface area contributed by atoms with Crippen LogP contribution >= 0.6 is 0 Å². The molecule has 0 aliphatic rings. The van der Waals surface area contributed by atoms with Crippen LogP contribution in [0.15, 0.2) is 30.3 Å². The van der Waals surface area contributed by atoms with E-state index in [0.29, 0.717) is 23.3 Å². The quantitative estimate of drug-likeness (QED) is 0.282. The zero-order valence-corrected chi connectivity index (χ0v) is 22.2. The van der Waals surface area contributed by atoms with Crippen LogP contribution in [0.4, 0.5) is 0 Å². The second-order valence-corrected chi connectivity index (χ2v) is 11.5. The minimum atomic E-state index is -1.02. The number of ether oxygens (including phenoxy) is 1. The molecule has 0 atom stereocenters. The molecule has 0 aliphatic carbocycles. The molecule has 0 radical (unpaired) electrons. The fraction of sp³-hybridized carbons (Fsp3) is 0.600. The number of rotatable bonds is 14. The molecule has 1 aromatic heterocycles. The Balaban J connectivity index is 2.17. The van der Waals surface area contributed by atoms with Crippen LogP contribution in [0.2, 0.25) is 0 Å². The number of hydrogen-bond donors (Lipinski definition) is 1. The number of allylic oxidation sites excluding steroid dienone is 1. The van der Waals surface area contributed by atoms with E-state index >= 15 is 0 Å². The Labute approximate surface area is 206 Å². The van der Waals surface area contributed by atoms with E-state index in [-0.39, 0.29) is 11.1 Å². The van der Waals surface area contributed by atoms with Gasteiger partial charge in [0.2, 0.25) is 0 Å². The largest absolute Gasteiger partial charge is 0.491 e. The molecule has 2 rings (SSSR count). The van der Waals surface area contributed by atoms with Gasteiger partial charge in [-0.1, -0.05) is 104 Å². The predicted octanol–water partition coefficient (Wildman–Crippen LogP) is 8.93. The molecular formula is C30H45NO3. The number of carbonyl (C=O) groups is 1. The summed E-state index contributed by atoms with van der Waals surface area (Å²) in [4.78, 5) is 15.9. The zero-order valence-electron chi connectivity index (χ0n) is 22.2. The molecule has 0 saturated carbocycles. The molecule has 188 valence electrons. The second kappa shape index (κ2) is 12.9. The fourth-order valence-electron chi connectivity index (χ4n) is 4.85. The molecule has 4 heteroatoms. The van der Waals surface area contributed by atoms with Gasteiger partial charge in [-0.2, -0.15) is 0 Å². The first-order valence-electron chi connectivity index (χ1n) is 13.0. The lowest BCUT2D eigenvalue weighted by atomic mass is 9.74. The van der Waals surface area contributed by atoms with Crippen molar-refractivity contribution in [2.75, 3.05) is 6.61 Å². The van der Waals surface area contributed by atoms with Crippen molar-refractivity contribution >= 4 is 22.9 Å². The third-order valence-electron chi connectivity index (χ3n) is 6.10. The Hall–Kier alpha value is -2.36. The van der Waals surface area contributed by atoms with Gasteiger partial charge in [0.05, 0.1) is 6.61 Å². The first kappa shape index (κ1) is 27.9. The molecule has 1 heterocycles. The summed E-state index contributed by atoms with van der Waals surface area (Å²) in [6.07, 6.45) is 14.8. The van der Waals surface area contributed by atoms with Gasteiger partial charge in [-0.15, -0.1) is 0 Å². The lowest BCUT2D eigenvalue weighted by Crippen LogP contribution is -2.20. The number of fused-ring (bicyclic) bond motifs is 1. The van der Waals surface area contributed by atoms with E-state index in [1.165, 1.54) is 32.1 Å². The monoisotopic (exact) mass is 467 g/mol. The minimum absolute atomic E-state index is 0.0435. The number of benzene rings is 1. The number of carboxylic acid groups (broad SMARTS) is 1. The molecule has 1 aromatic carbocycles. The summed E-state index contributed by atoms with van der Waals surface area (Å²) < 4.78 is 6.25. The standard InChI is InChI=1S/C30H45NO3/c1-7-8-9-10-11-14-21-34-27-24(15-12-13-20-30(5,6)22-29(2,3)4)17-16-23-18-19-25(28(32)33)31-26(23)27/h12,15-19H,7-11,13-14,20-22H2,1-6H3,(H,32,33). The van der Waals surface area contributed by atoms with E-state index in [4.69, 9.17) is 4.74 Å². The second-order valence-electron chi connectivity index (χ2n) is 11.5. The van der Waals surface area contributed by atoms with E-state index in [2.05, 4.69) is 64.7 Å². The molecule has 0 fully saturated rings. The molecule has 2 aromatic rings. The highest BCUT2D eigenvalue weighted by atomic mass is 16.5. The minimum Gasteiger partial charge on any atom is -0.491 e. The van der Waals surface area contributed by atoms with E-state index < -0.39 is 5.97 Å². The molecule has 0 unspecified atom stereocenters. The Morgan fingerprint density at radius 3 is 2.35 bits per heavy atom. The van der Waals surface area contributed by atoms with Crippen LogP contribution in [0.5, 0.6) is 5.75 Å². The van der Waals surface area contributed by atoms with Crippen LogP contribution in [-0.2, 0) is 0 Å². The first-order chi connectivity index (χ1) is 16.0. The van der Waals surface area contributed by atoms with Crippen molar-refractivity contribution in [3.63, 3.8) is 0 Å². The summed E-state index contributed by atoms with van der Waals surface area (Å²) in [5, 5.41) is 10.3. The van der Waals surface area contributed by atoms with Crippen LogP contribution in [0.3, 0.4) is 0 Å². The van der Waals surface area contributed by atoms with E-state index in [0.717, 1.165) is 36.6 Å². The molecule has 0 saturated heterocycles. The maximum Gasteiger partial charge on any atom is 0.354 e. The first-order valence-corrected chi connectivity index (χ1v) is 13.0. The topological polar surface area (TPSA) is 59.4 Å². The summed E-state index contributed by atoms with van der Waals surface area (Å²) in [6.45, 7) is 14.4. The van der Waals surface area contributed by atoms with Crippen molar-refractivity contribution in [2.24, 2.45) is 10.8 Å². The number of hydrogen-bond acceptors (Lipinski definition) is 3. The van der Waals surface area contributed by atoms with Gasteiger partial charge < -0.3 is 9.84 Å². The van der Waals surface area contributed by atoms with E-state index in [1.807, 2.05) is 12.1 Å². The van der Waals surface area contributed by atoms with Gasteiger partial charge in [0.1, 0.15) is 11.2 Å². The SMILES string of the molecule is CCCCCCCCOc1c(C=CCCC(C)(C)CC(C)(C)C)ccc2ccc(C(=O)O)nc12. The molecule has 0 spiro atoms. The van der Waals surface area contributed by atoms with Gasteiger partial charge in [0, 0.05) is 10.9 Å². The van der Waals surface area contributed by atoms with Gasteiger partial charge in [-0.05, 0) is 42.6 Å². The summed E-state index contributed by atoms with van der Waals surface area (Å²) in [5.74, 6) is -0.329. The number of carboxylic acids is 1. The summed E-state index contributed by atoms with van der Waals surface area (Å²) in [7, 11) is 0. The van der Waals surface area contributed by atoms with Gasteiger partial charge in [0.25, 0.3) is 0 Å². The average Bonchev–Trinajstić information content (AvgIpc) is 2.74. The highest BCUT2D eigenvalue weighted by Crippen LogP contribution is 2.37. The Morgan fingerprint density at radius 1 is 1.00 bits per heavy atom. The van der Waals surface area contributed by atoms with Crippen LogP contribution in [0.25, 0.3) is 17.0 Å². The lowest BCUT2D eigenvalue weighted by Gasteiger charge is -2.32.